The molecule has 11 nitrogen and oxygen atoms in total. The molecular weight excluding hydrogens is 592 g/mol. The van der Waals surface area contributed by atoms with Crippen LogP contribution < -0.4 is 26.4 Å². The molecule has 12 heteroatoms. The highest BCUT2D eigenvalue weighted by molar-refractivity contribution is 7.89. The quantitative estimate of drug-likeness (QED) is 0.0813. The van der Waals surface area contributed by atoms with Gasteiger partial charge in [-0.2, -0.15) is 0 Å². The van der Waals surface area contributed by atoms with Crippen LogP contribution >= 0.6 is 0 Å². The Balaban J connectivity index is 1.92. The van der Waals surface area contributed by atoms with Crippen molar-refractivity contribution in [3.8, 4) is 0 Å². The summed E-state index contributed by atoms with van der Waals surface area (Å²) in [5.74, 6) is 0.220. The van der Waals surface area contributed by atoms with Crippen LogP contribution in [-0.4, -0.2) is 71.4 Å². The third-order valence-electron chi connectivity index (χ3n) is 7.55. The van der Waals surface area contributed by atoms with E-state index in [-0.39, 0.29) is 22.7 Å². The van der Waals surface area contributed by atoms with Gasteiger partial charge in [0.05, 0.1) is 4.90 Å². The standard InChI is InChI=1S/C33H60N6O5S/c1-39(2)33(42)38-29-21-23-30(24-22-29)45(43,44)37-28-18-12-14-20-32(41)36-27-17-10-8-6-4-3-5-7-9-16-26-35-31(40)19-13-11-15-25-34/h21-24,37H,3-20,25-28,34H2,1-2H3,(H,35,40)(H,36,41)(H,38,42). The molecule has 0 saturated heterocycles. The SMILES string of the molecule is CN(C)C(=O)Nc1ccc(S(=O)(=O)NCCCCCC(=O)NCCCCCCCCCCCCNC(=O)CCCCCN)cc1. The lowest BCUT2D eigenvalue weighted by Gasteiger charge is -2.12. The number of rotatable bonds is 27. The van der Waals surface area contributed by atoms with E-state index in [0.29, 0.717) is 44.6 Å². The summed E-state index contributed by atoms with van der Waals surface area (Å²) < 4.78 is 27.6. The molecule has 0 aromatic heterocycles. The fourth-order valence-electron chi connectivity index (χ4n) is 4.73. The van der Waals surface area contributed by atoms with Gasteiger partial charge in [0.25, 0.3) is 0 Å². The lowest BCUT2D eigenvalue weighted by Crippen LogP contribution is -2.27. The molecule has 258 valence electrons. The van der Waals surface area contributed by atoms with E-state index in [9.17, 15) is 22.8 Å². The van der Waals surface area contributed by atoms with E-state index in [4.69, 9.17) is 5.73 Å². The van der Waals surface area contributed by atoms with E-state index in [2.05, 4.69) is 20.7 Å². The monoisotopic (exact) mass is 652 g/mol. The topological polar surface area (TPSA) is 163 Å². The molecule has 0 aliphatic carbocycles. The highest BCUT2D eigenvalue weighted by Crippen LogP contribution is 2.15. The van der Waals surface area contributed by atoms with Gasteiger partial charge in [-0.15, -0.1) is 0 Å². The third-order valence-corrected chi connectivity index (χ3v) is 9.03. The van der Waals surface area contributed by atoms with Gasteiger partial charge in [0, 0.05) is 52.3 Å². The van der Waals surface area contributed by atoms with E-state index in [0.717, 1.165) is 57.9 Å². The number of nitrogens with zero attached hydrogens (tertiary/aromatic N) is 1. The molecule has 45 heavy (non-hydrogen) atoms. The zero-order valence-corrected chi connectivity index (χ0v) is 28.7. The number of sulfonamides is 1. The van der Waals surface area contributed by atoms with Crippen LogP contribution in [0, 0.1) is 0 Å². The molecular formula is C33H60N6O5S. The van der Waals surface area contributed by atoms with Crippen LogP contribution in [0.2, 0.25) is 0 Å². The summed E-state index contributed by atoms with van der Waals surface area (Å²) in [6.45, 7) is 2.50. The van der Waals surface area contributed by atoms with E-state index in [1.807, 2.05) is 0 Å². The van der Waals surface area contributed by atoms with Gasteiger partial charge in [0.15, 0.2) is 0 Å². The van der Waals surface area contributed by atoms with Gasteiger partial charge in [0.2, 0.25) is 21.8 Å². The molecule has 1 aromatic rings. The van der Waals surface area contributed by atoms with Gasteiger partial charge in [0.1, 0.15) is 0 Å². The van der Waals surface area contributed by atoms with Crippen molar-refractivity contribution in [2.75, 3.05) is 45.6 Å². The lowest BCUT2D eigenvalue weighted by atomic mass is 10.1. The highest BCUT2D eigenvalue weighted by Gasteiger charge is 2.14. The Morgan fingerprint density at radius 3 is 1.51 bits per heavy atom. The minimum Gasteiger partial charge on any atom is -0.356 e. The molecule has 0 aliphatic rings. The number of nitrogens with two attached hydrogens (primary N) is 1. The van der Waals surface area contributed by atoms with Gasteiger partial charge in [-0.3, -0.25) is 9.59 Å². The fourth-order valence-corrected chi connectivity index (χ4v) is 5.81. The van der Waals surface area contributed by atoms with Gasteiger partial charge in [-0.1, -0.05) is 64.2 Å². The molecule has 6 N–H and O–H groups in total. The summed E-state index contributed by atoms with van der Waals surface area (Å²) in [4.78, 5) is 37.0. The highest BCUT2D eigenvalue weighted by atomic mass is 32.2. The maximum Gasteiger partial charge on any atom is 0.321 e. The van der Waals surface area contributed by atoms with Gasteiger partial charge < -0.3 is 26.6 Å². The molecule has 0 atom stereocenters. The molecule has 0 fully saturated rings. The minimum atomic E-state index is -3.63. The number of benzene rings is 1. The zero-order chi connectivity index (χ0) is 33.2. The van der Waals surface area contributed by atoms with Crippen LogP contribution in [0.5, 0.6) is 0 Å². The lowest BCUT2D eigenvalue weighted by molar-refractivity contribution is -0.122. The van der Waals surface area contributed by atoms with Crippen LogP contribution in [0.4, 0.5) is 10.5 Å². The van der Waals surface area contributed by atoms with Crippen LogP contribution in [0.15, 0.2) is 29.2 Å². The van der Waals surface area contributed by atoms with E-state index in [1.54, 1.807) is 26.2 Å². The molecule has 0 aliphatic heterocycles. The first-order valence-corrected chi connectivity index (χ1v) is 18.5. The minimum absolute atomic E-state index is 0.0547. The van der Waals surface area contributed by atoms with Crippen LogP contribution in [0.25, 0.3) is 0 Å². The molecule has 0 spiro atoms. The Bertz CT molecular complexity index is 1050. The Morgan fingerprint density at radius 2 is 1.04 bits per heavy atom. The first-order chi connectivity index (χ1) is 21.7. The molecule has 0 radical (unpaired) electrons. The predicted molar refractivity (Wildman–Crippen MR) is 183 cm³/mol. The molecule has 1 aromatic carbocycles. The van der Waals surface area contributed by atoms with Crippen molar-refractivity contribution in [3.05, 3.63) is 24.3 Å². The summed E-state index contributed by atoms with van der Waals surface area (Å²) >= 11 is 0. The predicted octanol–water partition coefficient (Wildman–Crippen LogP) is 5.27. The van der Waals surface area contributed by atoms with Gasteiger partial charge in [-0.25, -0.2) is 17.9 Å². The van der Waals surface area contributed by atoms with Crippen molar-refractivity contribution >= 4 is 33.6 Å². The maximum atomic E-state index is 12.5. The first kappa shape index (κ1) is 40.3. The summed E-state index contributed by atoms with van der Waals surface area (Å²) in [7, 11) is -0.379. The number of hydrogen-bond donors (Lipinski definition) is 5. The number of carbonyl (C=O) groups is 3. The maximum absolute atomic E-state index is 12.5. The molecule has 1 rings (SSSR count). The van der Waals surface area contributed by atoms with Gasteiger partial charge >= 0.3 is 6.03 Å². The Morgan fingerprint density at radius 1 is 0.622 bits per heavy atom. The zero-order valence-electron chi connectivity index (χ0n) is 27.8. The number of hydrogen-bond acceptors (Lipinski definition) is 6. The molecule has 0 heterocycles. The van der Waals surface area contributed by atoms with Crippen molar-refractivity contribution in [1.29, 1.82) is 0 Å². The smallest absolute Gasteiger partial charge is 0.321 e. The van der Waals surface area contributed by atoms with Crippen molar-refractivity contribution < 1.29 is 22.8 Å². The number of anilines is 1. The second-order valence-corrected chi connectivity index (χ2v) is 13.7. The summed E-state index contributed by atoms with van der Waals surface area (Å²) in [5, 5.41) is 8.67. The van der Waals surface area contributed by atoms with Crippen molar-refractivity contribution in [1.82, 2.24) is 20.3 Å². The van der Waals surface area contributed by atoms with Crippen LogP contribution in [-0.2, 0) is 19.6 Å². The van der Waals surface area contributed by atoms with Crippen LogP contribution in [0.3, 0.4) is 0 Å². The largest absolute Gasteiger partial charge is 0.356 e. The van der Waals surface area contributed by atoms with E-state index >= 15 is 0 Å². The van der Waals surface area contributed by atoms with E-state index in [1.165, 1.54) is 62.0 Å². The molecule has 0 unspecified atom stereocenters. The Hall–Kier alpha value is -2.70. The first-order valence-electron chi connectivity index (χ1n) is 17.0. The Labute approximate surface area is 272 Å². The van der Waals surface area contributed by atoms with Crippen molar-refractivity contribution in [2.45, 2.75) is 120 Å². The number of amides is 4. The summed E-state index contributed by atoms with van der Waals surface area (Å²) in [5.41, 5.74) is 5.98. The number of urea groups is 1. The summed E-state index contributed by atoms with van der Waals surface area (Å²) in [6.07, 6.45) is 17.9. The van der Waals surface area contributed by atoms with Crippen molar-refractivity contribution in [3.63, 3.8) is 0 Å². The normalized spacial score (nSPS) is 11.3. The number of unbranched alkanes of at least 4 members (excludes halogenated alkanes) is 13. The van der Waals surface area contributed by atoms with Crippen molar-refractivity contribution in [2.24, 2.45) is 5.73 Å². The second kappa shape index (κ2) is 25.5. The molecule has 4 amide bonds. The van der Waals surface area contributed by atoms with Gasteiger partial charge in [-0.05, 0) is 69.3 Å². The second-order valence-electron chi connectivity index (χ2n) is 11.9. The van der Waals surface area contributed by atoms with Crippen LogP contribution in [0.1, 0.15) is 116 Å². The number of nitrogens with one attached hydrogen (secondary N) is 4. The average molecular weight is 653 g/mol. The summed E-state index contributed by atoms with van der Waals surface area (Å²) in [6, 6.07) is 5.74. The average Bonchev–Trinajstić information content (AvgIpc) is 3.01. The molecule has 0 bridgehead atoms. The Kier molecular flexibility index (Phi) is 22.8. The number of carbonyl (C=O) groups excluding carboxylic acids is 3. The third kappa shape index (κ3) is 21.6. The van der Waals surface area contributed by atoms with E-state index < -0.39 is 10.0 Å². The fraction of sp³-hybridized carbons (Fsp3) is 0.727. The molecule has 0 saturated carbocycles.